The van der Waals surface area contributed by atoms with Crippen LogP contribution in [-0.4, -0.2) is 23.0 Å². The lowest BCUT2D eigenvalue weighted by atomic mass is 10.1. The van der Waals surface area contributed by atoms with Crippen molar-refractivity contribution < 1.29 is 14.7 Å². The first-order chi connectivity index (χ1) is 7.47. The molecule has 0 spiro atoms. The van der Waals surface area contributed by atoms with Crippen LogP contribution in [0.2, 0.25) is 0 Å². The van der Waals surface area contributed by atoms with Crippen LogP contribution in [0.1, 0.15) is 39.5 Å². The molecule has 2 N–H and O–H groups in total. The van der Waals surface area contributed by atoms with Gasteiger partial charge in [-0.3, -0.25) is 4.79 Å². The minimum absolute atomic E-state index is 0.202. The monoisotopic (exact) mass is 226 g/mol. The molecule has 0 radical (unpaired) electrons. The Morgan fingerprint density at radius 2 is 2.06 bits per heavy atom. The highest BCUT2D eigenvalue weighted by Gasteiger charge is 2.19. The third kappa shape index (κ3) is 6.82. The summed E-state index contributed by atoms with van der Waals surface area (Å²) in [6.07, 6.45) is 1.41. The van der Waals surface area contributed by atoms with Crippen molar-refractivity contribution in [1.82, 2.24) is 5.32 Å². The van der Waals surface area contributed by atoms with Gasteiger partial charge in [0, 0.05) is 12.8 Å². The normalized spacial score (nSPS) is 11.9. The van der Waals surface area contributed by atoms with Crippen LogP contribution in [-0.2, 0) is 9.59 Å². The number of aliphatic carboxylic acids is 1. The van der Waals surface area contributed by atoms with Crippen LogP contribution in [0.5, 0.6) is 0 Å². The van der Waals surface area contributed by atoms with Crippen molar-refractivity contribution in [2.24, 2.45) is 5.92 Å². The number of carboxylic acid groups (broad SMARTS) is 1. The Morgan fingerprint density at radius 1 is 1.44 bits per heavy atom. The van der Waals surface area contributed by atoms with E-state index in [-0.39, 0.29) is 11.8 Å². The predicted octanol–water partition coefficient (Wildman–Crippen LogP) is 1.30. The summed E-state index contributed by atoms with van der Waals surface area (Å²) >= 11 is 0. The molecule has 0 aromatic carbocycles. The second kappa shape index (κ2) is 7.69. The first kappa shape index (κ1) is 14.4. The Bertz CT molecular complexity index is 281. The SMILES string of the molecule is CC(C)CC(=O)N[C@H](CCCC#N)C(=O)O. The molecule has 0 aromatic heterocycles. The molecule has 0 aliphatic rings. The lowest BCUT2D eigenvalue weighted by Crippen LogP contribution is -2.41. The van der Waals surface area contributed by atoms with E-state index < -0.39 is 12.0 Å². The smallest absolute Gasteiger partial charge is 0.326 e. The zero-order valence-electron chi connectivity index (χ0n) is 9.69. The number of unbranched alkanes of at least 4 members (excludes halogenated alkanes) is 1. The molecule has 1 amide bonds. The second-order valence-corrected chi connectivity index (χ2v) is 4.11. The Hall–Kier alpha value is -1.57. The van der Waals surface area contributed by atoms with E-state index in [1.54, 1.807) is 0 Å². The molecular formula is C11H18N2O3. The van der Waals surface area contributed by atoms with E-state index in [9.17, 15) is 9.59 Å². The van der Waals surface area contributed by atoms with Gasteiger partial charge in [0.05, 0.1) is 6.07 Å². The first-order valence-corrected chi connectivity index (χ1v) is 5.36. The van der Waals surface area contributed by atoms with Gasteiger partial charge in [-0.1, -0.05) is 13.8 Å². The van der Waals surface area contributed by atoms with E-state index in [1.807, 2.05) is 19.9 Å². The van der Waals surface area contributed by atoms with Gasteiger partial charge in [-0.25, -0.2) is 4.79 Å². The van der Waals surface area contributed by atoms with Crippen LogP contribution >= 0.6 is 0 Å². The molecule has 16 heavy (non-hydrogen) atoms. The van der Waals surface area contributed by atoms with Crippen LogP contribution in [0, 0.1) is 17.2 Å². The van der Waals surface area contributed by atoms with E-state index in [2.05, 4.69) is 5.32 Å². The molecule has 1 atom stereocenters. The number of carboxylic acids is 1. The summed E-state index contributed by atoms with van der Waals surface area (Å²) < 4.78 is 0. The van der Waals surface area contributed by atoms with Crippen LogP contribution in [0.4, 0.5) is 0 Å². The van der Waals surface area contributed by atoms with Gasteiger partial charge in [-0.2, -0.15) is 5.26 Å². The van der Waals surface area contributed by atoms with Crippen LogP contribution in [0.3, 0.4) is 0 Å². The number of hydrogen-bond donors (Lipinski definition) is 2. The number of nitrogens with zero attached hydrogens (tertiary/aromatic N) is 1. The molecule has 0 saturated carbocycles. The van der Waals surface area contributed by atoms with Crippen LogP contribution < -0.4 is 5.32 Å². The molecule has 0 aromatic rings. The minimum atomic E-state index is -1.05. The fourth-order valence-corrected chi connectivity index (χ4v) is 1.27. The average Bonchev–Trinajstić information content (AvgIpc) is 2.15. The zero-order valence-corrected chi connectivity index (χ0v) is 9.69. The number of rotatable bonds is 7. The van der Waals surface area contributed by atoms with Gasteiger partial charge in [0.2, 0.25) is 5.91 Å². The van der Waals surface area contributed by atoms with Crippen molar-refractivity contribution in [3.63, 3.8) is 0 Å². The minimum Gasteiger partial charge on any atom is -0.480 e. The Labute approximate surface area is 95.4 Å². The molecule has 0 rings (SSSR count). The average molecular weight is 226 g/mol. The Balaban J connectivity index is 4.08. The predicted molar refractivity (Wildman–Crippen MR) is 58.5 cm³/mol. The quantitative estimate of drug-likeness (QED) is 0.640. The van der Waals surface area contributed by atoms with E-state index in [0.717, 1.165) is 0 Å². The van der Waals surface area contributed by atoms with Crippen LogP contribution in [0.25, 0.3) is 0 Å². The van der Waals surface area contributed by atoms with Crippen molar-refractivity contribution in [3.05, 3.63) is 0 Å². The lowest BCUT2D eigenvalue weighted by Gasteiger charge is -2.14. The third-order valence-electron chi connectivity index (χ3n) is 2.01. The number of carbonyl (C=O) groups is 2. The highest BCUT2D eigenvalue weighted by atomic mass is 16.4. The molecule has 0 saturated heterocycles. The molecule has 0 bridgehead atoms. The van der Waals surface area contributed by atoms with Crippen molar-refractivity contribution in [2.45, 2.75) is 45.6 Å². The van der Waals surface area contributed by atoms with Gasteiger partial charge in [0.15, 0.2) is 0 Å². The van der Waals surface area contributed by atoms with Gasteiger partial charge in [-0.05, 0) is 18.8 Å². The zero-order chi connectivity index (χ0) is 12.6. The van der Waals surface area contributed by atoms with Crippen LogP contribution in [0.15, 0.2) is 0 Å². The maximum Gasteiger partial charge on any atom is 0.326 e. The molecule has 0 aliphatic heterocycles. The highest BCUT2D eigenvalue weighted by Crippen LogP contribution is 2.04. The summed E-state index contributed by atoms with van der Waals surface area (Å²) in [7, 11) is 0. The fourth-order valence-electron chi connectivity index (χ4n) is 1.27. The summed E-state index contributed by atoms with van der Waals surface area (Å²) in [6.45, 7) is 3.79. The molecule has 0 heterocycles. The lowest BCUT2D eigenvalue weighted by molar-refractivity contribution is -0.142. The second-order valence-electron chi connectivity index (χ2n) is 4.11. The molecule has 0 unspecified atom stereocenters. The number of carbonyl (C=O) groups excluding carboxylic acids is 1. The van der Waals surface area contributed by atoms with Gasteiger partial charge in [0.1, 0.15) is 6.04 Å². The summed E-state index contributed by atoms with van der Waals surface area (Å²) in [5.74, 6) is -1.09. The Morgan fingerprint density at radius 3 is 2.50 bits per heavy atom. The van der Waals surface area contributed by atoms with Gasteiger partial charge in [-0.15, -0.1) is 0 Å². The van der Waals surface area contributed by atoms with Crippen molar-refractivity contribution >= 4 is 11.9 Å². The summed E-state index contributed by atoms with van der Waals surface area (Å²) in [5.41, 5.74) is 0. The largest absolute Gasteiger partial charge is 0.480 e. The molecule has 0 fully saturated rings. The van der Waals surface area contributed by atoms with E-state index in [1.165, 1.54) is 0 Å². The molecule has 90 valence electrons. The van der Waals surface area contributed by atoms with Gasteiger partial charge >= 0.3 is 5.97 Å². The summed E-state index contributed by atoms with van der Waals surface area (Å²) in [4.78, 5) is 22.2. The molecule has 5 heteroatoms. The highest BCUT2D eigenvalue weighted by molar-refractivity contribution is 5.83. The number of amides is 1. The van der Waals surface area contributed by atoms with Crippen molar-refractivity contribution in [1.29, 1.82) is 5.26 Å². The van der Waals surface area contributed by atoms with E-state index in [0.29, 0.717) is 25.7 Å². The Kier molecular flexibility index (Phi) is 6.93. The fraction of sp³-hybridized carbons (Fsp3) is 0.727. The standard InChI is InChI=1S/C11H18N2O3/c1-8(2)7-10(14)13-9(11(15)16)5-3-4-6-12/h8-9H,3-5,7H2,1-2H3,(H,13,14)(H,15,16)/t9-/m1/s1. The maximum absolute atomic E-state index is 11.4. The number of hydrogen-bond acceptors (Lipinski definition) is 3. The maximum atomic E-state index is 11.4. The number of nitriles is 1. The van der Waals surface area contributed by atoms with Gasteiger partial charge in [0.25, 0.3) is 0 Å². The molecule has 5 nitrogen and oxygen atoms in total. The molecular weight excluding hydrogens is 208 g/mol. The van der Waals surface area contributed by atoms with E-state index >= 15 is 0 Å². The summed E-state index contributed by atoms with van der Waals surface area (Å²) in [6, 6.07) is 1.07. The topological polar surface area (TPSA) is 90.2 Å². The number of nitrogens with one attached hydrogen (secondary N) is 1. The van der Waals surface area contributed by atoms with E-state index in [4.69, 9.17) is 10.4 Å². The summed E-state index contributed by atoms with van der Waals surface area (Å²) in [5, 5.41) is 19.7. The van der Waals surface area contributed by atoms with Crippen molar-refractivity contribution in [3.8, 4) is 6.07 Å². The van der Waals surface area contributed by atoms with Crippen molar-refractivity contribution in [2.75, 3.05) is 0 Å². The third-order valence-corrected chi connectivity index (χ3v) is 2.01. The molecule has 0 aliphatic carbocycles. The first-order valence-electron chi connectivity index (χ1n) is 5.36. The van der Waals surface area contributed by atoms with Gasteiger partial charge < -0.3 is 10.4 Å².